The molecule has 4 nitrogen and oxygen atoms in total. The number of pyridine rings is 1. The van der Waals surface area contributed by atoms with Gasteiger partial charge in [-0.1, -0.05) is 0 Å². The van der Waals surface area contributed by atoms with Gasteiger partial charge in [-0.05, 0) is 30.4 Å². The summed E-state index contributed by atoms with van der Waals surface area (Å²) in [5.74, 6) is 4.68. The van der Waals surface area contributed by atoms with E-state index < -0.39 is 0 Å². The highest BCUT2D eigenvalue weighted by atomic mass is 35.5. The molecule has 0 radical (unpaired) electrons. The second kappa shape index (κ2) is 6.22. The molecule has 6 heteroatoms. The summed E-state index contributed by atoms with van der Waals surface area (Å²) in [5, 5.41) is 0. The molecule has 0 amide bonds. The van der Waals surface area contributed by atoms with Crippen LogP contribution in [0.15, 0.2) is 12.1 Å². The van der Waals surface area contributed by atoms with Crippen molar-refractivity contribution in [3.8, 4) is 5.88 Å². The maximum Gasteiger partial charge on any atom is 0.215 e. The van der Waals surface area contributed by atoms with Crippen LogP contribution in [0.2, 0.25) is 0 Å². The van der Waals surface area contributed by atoms with Gasteiger partial charge in [-0.15, -0.1) is 11.6 Å². The lowest BCUT2D eigenvalue weighted by molar-refractivity contribution is 0.397. The molecular formula is C14H18ClN3OS. The Hall–Kier alpha value is -0.940. The Morgan fingerprint density at radius 3 is 2.85 bits per heavy atom. The SMILES string of the molecule is COc1ccc2nc(CCCl)n(C3CCSCC3)c2n1. The third kappa shape index (κ3) is 2.61. The smallest absolute Gasteiger partial charge is 0.215 e. The Balaban J connectivity index is 2.10. The molecule has 108 valence electrons. The third-order valence-corrected chi connectivity index (χ3v) is 4.91. The fourth-order valence-electron chi connectivity index (χ4n) is 2.70. The van der Waals surface area contributed by atoms with Crippen LogP contribution < -0.4 is 4.74 Å². The second-order valence-electron chi connectivity index (χ2n) is 4.88. The van der Waals surface area contributed by atoms with E-state index in [4.69, 9.17) is 21.3 Å². The fraction of sp³-hybridized carbons (Fsp3) is 0.571. The van der Waals surface area contributed by atoms with E-state index in [0.717, 1.165) is 23.4 Å². The van der Waals surface area contributed by atoms with Crippen LogP contribution >= 0.6 is 23.4 Å². The molecule has 3 rings (SSSR count). The molecule has 0 aromatic carbocycles. The standard InChI is InChI=1S/C14H18ClN3OS/c1-19-13-3-2-11-14(17-13)18(12(16-11)4-7-15)10-5-8-20-9-6-10/h2-3,10H,4-9H2,1H3. The number of thioether (sulfide) groups is 1. The van der Waals surface area contributed by atoms with Crippen LogP contribution in [0, 0.1) is 0 Å². The molecule has 1 fully saturated rings. The summed E-state index contributed by atoms with van der Waals surface area (Å²) in [7, 11) is 1.64. The van der Waals surface area contributed by atoms with Crippen LogP contribution in [-0.4, -0.2) is 39.0 Å². The minimum atomic E-state index is 0.485. The van der Waals surface area contributed by atoms with E-state index in [0.29, 0.717) is 17.8 Å². The molecule has 1 saturated heterocycles. The molecule has 0 saturated carbocycles. The lowest BCUT2D eigenvalue weighted by atomic mass is 10.1. The summed E-state index contributed by atoms with van der Waals surface area (Å²) in [6, 6.07) is 4.33. The van der Waals surface area contributed by atoms with Crippen molar-refractivity contribution in [3.05, 3.63) is 18.0 Å². The van der Waals surface area contributed by atoms with Crippen LogP contribution in [-0.2, 0) is 6.42 Å². The van der Waals surface area contributed by atoms with Gasteiger partial charge >= 0.3 is 0 Å². The molecule has 0 N–H and O–H groups in total. The molecule has 0 unspecified atom stereocenters. The Morgan fingerprint density at radius 1 is 1.35 bits per heavy atom. The van der Waals surface area contributed by atoms with E-state index in [1.165, 1.54) is 24.3 Å². The van der Waals surface area contributed by atoms with Crippen LogP contribution in [0.3, 0.4) is 0 Å². The molecule has 0 bridgehead atoms. The highest BCUT2D eigenvalue weighted by molar-refractivity contribution is 7.99. The maximum absolute atomic E-state index is 5.93. The largest absolute Gasteiger partial charge is 0.481 e. The number of hydrogen-bond acceptors (Lipinski definition) is 4. The lowest BCUT2D eigenvalue weighted by Gasteiger charge is -2.24. The lowest BCUT2D eigenvalue weighted by Crippen LogP contribution is -2.18. The third-order valence-electron chi connectivity index (χ3n) is 3.67. The maximum atomic E-state index is 5.93. The molecule has 20 heavy (non-hydrogen) atoms. The van der Waals surface area contributed by atoms with Crippen LogP contribution in [0.4, 0.5) is 0 Å². The van der Waals surface area contributed by atoms with E-state index in [-0.39, 0.29) is 0 Å². The number of ether oxygens (including phenoxy) is 1. The summed E-state index contributed by atoms with van der Waals surface area (Å²) in [6.07, 6.45) is 3.12. The molecule has 0 spiro atoms. The average Bonchev–Trinajstić information content (AvgIpc) is 2.85. The zero-order valence-electron chi connectivity index (χ0n) is 11.5. The van der Waals surface area contributed by atoms with E-state index in [2.05, 4.69) is 9.55 Å². The summed E-state index contributed by atoms with van der Waals surface area (Å²) < 4.78 is 7.54. The number of aromatic nitrogens is 3. The first-order valence-electron chi connectivity index (χ1n) is 6.89. The van der Waals surface area contributed by atoms with E-state index in [9.17, 15) is 0 Å². The van der Waals surface area contributed by atoms with Crippen molar-refractivity contribution in [2.24, 2.45) is 0 Å². The fourth-order valence-corrected chi connectivity index (χ4v) is 3.96. The first-order valence-corrected chi connectivity index (χ1v) is 8.58. The Labute approximate surface area is 127 Å². The number of alkyl halides is 1. The Morgan fingerprint density at radius 2 is 2.15 bits per heavy atom. The van der Waals surface area contributed by atoms with Crippen LogP contribution in [0.1, 0.15) is 24.7 Å². The summed E-state index contributed by atoms with van der Waals surface area (Å²) in [4.78, 5) is 9.31. The predicted molar refractivity (Wildman–Crippen MR) is 84.1 cm³/mol. The minimum Gasteiger partial charge on any atom is -0.481 e. The monoisotopic (exact) mass is 311 g/mol. The van der Waals surface area contributed by atoms with Gasteiger partial charge in [-0.3, -0.25) is 0 Å². The number of fused-ring (bicyclic) bond motifs is 1. The van der Waals surface area contributed by atoms with Gasteiger partial charge in [0.05, 0.1) is 7.11 Å². The van der Waals surface area contributed by atoms with Crippen molar-refractivity contribution in [1.29, 1.82) is 0 Å². The van der Waals surface area contributed by atoms with Crippen LogP contribution in [0.25, 0.3) is 11.2 Å². The number of methoxy groups -OCH3 is 1. The molecule has 2 aromatic heterocycles. The van der Waals surface area contributed by atoms with Crippen LogP contribution in [0.5, 0.6) is 5.88 Å². The van der Waals surface area contributed by atoms with Gasteiger partial charge in [0.2, 0.25) is 5.88 Å². The summed E-state index contributed by atoms with van der Waals surface area (Å²) in [6.45, 7) is 0. The number of hydrogen-bond donors (Lipinski definition) is 0. The molecular weight excluding hydrogens is 294 g/mol. The van der Waals surface area contributed by atoms with E-state index in [1.54, 1.807) is 7.11 Å². The number of nitrogens with zero attached hydrogens (tertiary/aromatic N) is 3. The Bertz CT molecular complexity index is 595. The van der Waals surface area contributed by atoms with Crippen molar-refractivity contribution in [2.45, 2.75) is 25.3 Å². The Kier molecular flexibility index (Phi) is 4.36. The zero-order chi connectivity index (χ0) is 13.9. The summed E-state index contributed by atoms with van der Waals surface area (Å²) >= 11 is 7.95. The minimum absolute atomic E-state index is 0.485. The molecule has 1 aliphatic rings. The first-order chi connectivity index (χ1) is 9.83. The van der Waals surface area contributed by atoms with Gasteiger partial charge in [0, 0.05) is 24.4 Å². The molecule has 0 atom stereocenters. The number of aryl methyl sites for hydroxylation is 1. The van der Waals surface area contributed by atoms with Gasteiger partial charge in [-0.2, -0.15) is 16.7 Å². The molecule has 2 aromatic rings. The van der Waals surface area contributed by atoms with E-state index in [1.807, 2.05) is 23.9 Å². The van der Waals surface area contributed by atoms with Gasteiger partial charge < -0.3 is 9.30 Å². The first kappa shape index (κ1) is 14.0. The normalized spacial score (nSPS) is 16.7. The zero-order valence-corrected chi connectivity index (χ0v) is 13.1. The number of imidazole rings is 1. The van der Waals surface area contributed by atoms with Crippen molar-refractivity contribution in [1.82, 2.24) is 14.5 Å². The highest BCUT2D eigenvalue weighted by Gasteiger charge is 2.22. The number of halogens is 1. The van der Waals surface area contributed by atoms with Crippen molar-refractivity contribution >= 4 is 34.5 Å². The predicted octanol–water partition coefficient (Wildman–Crippen LogP) is 3.29. The summed E-state index contributed by atoms with van der Waals surface area (Å²) in [5.41, 5.74) is 1.87. The van der Waals surface area contributed by atoms with Gasteiger partial charge in [-0.25, -0.2) is 4.98 Å². The molecule has 0 aliphatic carbocycles. The van der Waals surface area contributed by atoms with Gasteiger partial charge in [0.1, 0.15) is 11.3 Å². The average molecular weight is 312 g/mol. The molecule has 1 aliphatic heterocycles. The molecule has 3 heterocycles. The quantitative estimate of drug-likeness (QED) is 0.812. The van der Waals surface area contributed by atoms with Crippen molar-refractivity contribution < 1.29 is 4.74 Å². The van der Waals surface area contributed by atoms with Crippen molar-refractivity contribution in [2.75, 3.05) is 24.5 Å². The topological polar surface area (TPSA) is 39.9 Å². The second-order valence-corrected chi connectivity index (χ2v) is 6.48. The van der Waals surface area contributed by atoms with Crippen molar-refractivity contribution in [3.63, 3.8) is 0 Å². The van der Waals surface area contributed by atoms with Gasteiger partial charge in [0.15, 0.2) is 5.65 Å². The van der Waals surface area contributed by atoms with E-state index >= 15 is 0 Å². The van der Waals surface area contributed by atoms with Gasteiger partial charge in [0.25, 0.3) is 0 Å². The highest BCUT2D eigenvalue weighted by Crippen LogP contribution is 2.31. The number of rotatable bonds is 4.